The van der Waals surface area contributed by atoms with Gasteiger partial charge in [-0.1, -0.05) is 31.5 Å². The Hall–Kier alpha value is -2.62. The summed E-state index contributed by atoms with van der Waals surface area (Å²) in [5.74, 6) is 0.877. The lowest BCUT2D eigenvalue weighted by molar-refractivity contribution is 0.0953. The second-order valence-corrected chi connectivity index (χ2v) is 5.64. The van der Waals surface area contributed by atoms with Crippen molar-refractivity contribution >= 4 is 16.9 Å². The summed E-state index contributed by atoms with van der Waals surface area (Å²) >= 11 is 0. The van der Waals surface area contributed by atoms with Crippen molar-refractivity contribution in [3.05, 3.63) is 59.9 Å². The molecular weight excluding hydrogens is 286 g/mol. The van der Waals surface area contributed by atoms with Gasteiger partial charge in [0.05, 0.1) is 11.0 Å². The minimum absolute atomic E-state index is 0.0349. The van der Waals surface area contributed by atoms with Gasteiger partial charge in [-0.15, -0.1) is 0 Å². The SMILES string of the molecule is CCCCNC(=O)c1ccc2c(c1)nc(C)n2-c1ccccc1. The first kappa shape index (κ1) is 15.3. The van der Waals surface area contributed by atoms with Gasteiger partial charge in [-0.3, -0.25) is 9.36 Å². The molecule has 118 valence electrons. The average Bonchev–Trinajstić information content (AvgIpc) is 2.90. The van der Waals surface area contributed by atoms with Crippen molar-refractivity contribution in [3.8, 4) is 5.69 Å². The van der Waals surface area contributed by atoms with Crippen LogP contribution < -0.4 is 5.32 Å². The van der Waals surface area contributed by atoms with Gasteiger partial charge in [-0.2, -0.15) is 0 Å². The molecule has 2 aromatic carbocycles. The van der Waals surface area contributed by atoms with Crippen LogP contribution in [0.4, 0.5) is 0 Å². The van der Waals surface area contributed by atoms with E-state index in [-0.39, 0.29) is 5.91 Å². The molecule has 0 atom stereocenters. The Morgan fingerprint density at radius 2 is 1.96 bits per heavy atom. The van der Waals surface area contributed by atoms with E-state index in [1.54, 1.807) is 0 Å². The van der Waals surface area contributed by atoms with Gasteiger partial charge in [0.1, 0.15) is 5.82 Å². The Morgan fingerprint density at radius 3 is 2.70 bits per heavy atom. The summed E-state index contributed by atoms with van der Waals surface area (Å²) in [4.78, 5) is 16.8. The molecule has 0 fully saturated rings. The summed E-state index contributed by atoms with van der Waals surface area (Å²) < 4.78 is 2.11. The Balaban J connectivity index is 1.95. The van der Waals surface area contributed by atoms with Crippen LogP contribution in [0, 0.1) is 6.92 Å². The number of rotatable bonds is 5. The number of hydrogen-bond donors (Lipinski definition) is 1. The van der Waals surface area contributed by atoms with Crippen molar-refractivity contribution < 1.29 is 4.79 Å². The van der Waals surface area contributed by atoms with Crippen LogP contribution in [0.15, 0.2) is 48.5 Å². The topological polar surface area (TPSA) is 46.9 Å². The van der Waals surface area contributed by atoms with Crippen LogP contribution in [0.3, 0.4) is 0 Å². The Morgan fingerprint density at radius 1 is 1.17 bits per heavy atom. The Bertz CT molecular complexity index is 821. The van der Waals surface area contributed by atoms with Crippen LogP contribution >= 0.6 is 0 Å². The molecular formula is C19H21N3O. The van der Waals surface area contributed by atoms with Gasteiger partial charge >= 0.3 is 0 Å². The summed E-state index contributed by atoms with van der Waals surface area (Å²) in [6.45, 7) is 4.80. The lowest BCUT2D eigenvalue weighted by atomic mass is 10.2. The number of hydrogen-bond acceptors (Lipinski definition) is 2. The first-order valence-corrected chi connectivity index (χ1v) is 8.03. The van der Waals surface area contributed by atoms with E-state index in [9.17, 15) is 4.79 Å². The number of amides is 1. The van der Waals surface area contributed by atoms with E-state index >= 15 is 0 Å². The van der Waals surface area contributed by atoms with Crippen LogP contribution in [-0.4, -0.2) is 22.0 Å². The first-order valence-electron chi connectivity index (χ1n) is 8.03. The van der Waals surface area contributed by atoms with Crippen LogP contribution in [0.1, 0.15) is 35.9 Å². The molecule has 0 radical (unpaired) electrons. The van der Waals surface area contributed by atoms with Crippen molar-refractivity contribution in [3.63, 3.8) is 0 Å². The van der Waals surface area contributed by atoms with E-state index in [1.807, 2.05) is 43.3 Å². The normalized spacial score (nSPS) is 10.9. The maximum atomic E-state index is 12.2. The molecule has 0 unspecified atom stereocenters. The van der Waals surface area contributed by atoms with E-state index in [0.29, 0.717) is 12.1 Å². The maximum Gasteiger partial charge on any atom is 0.251 e. The van der Waals surface area contributed by atoms with E-state index in [4.69, 9.17) is 0 Å². The smallest absolute Gasteiger partial charge is 0.251 e. The third-order valence-electron chi connectivity index (χ3n) is 3.91. The van der Waals surface area contributed by atoms with Crippen molar-refractivity contribution in [1.82, 2.24) is 14.9 Å². The van der Waals surface area contributed by atoms with Crippen LogP contribution in [-0.2, 0) is 0 Å². The molecule has 4 heteroatoms. The number of imidazole rings is 1. The van der Waals surface area contributed by atoms with Crippen molar-refractivity contribution in [2.24, 2.45) is 0 Å². The van der Waals surface area contributed by atoms with E-state index in [0.717, 1.165) is 35.4 Å². The molecule has 1 heterocycles. The van der Waals surface area contributed by atoms with E-state index in [2.05, 4.69) is 33.9 Å². The predicted molar refractivity (Wildman–Crippen MR) is 93.0 cm³/mol. The third kappa shape index (κ3) is 3.11. The molecule has 0 bridgehead atoms. The number of nitrogens with one attached hydrogen (secondary N) is 1. The number of nitrogens with zero attached hydrogens (tertiary/aromatic N) is 2. The van der Waals surface area contributed by atoms with Crippen molar-refractivity contribution in [1.29, 1.82) is 0 Å². The van der Waals surface area contributed by atoms with E-state index in [1.165, 1.54) is 0 Å². The maximum absolute atomic E-state index is 12.2. The quantitative estimate of drug-likeness (QED) is 0.727. The van der Waals surface area contributed by atoms with E-state index < -0.39 is 0 Å². The van der Waals surface area contributed by atoms with Gasteiger partial charge in [0.15, 0.2) is 0 Å². The molecule has 4 nitrogen and oxygen atoms in total. The molecule has 23 heavy (non-hydrogen) atoms. The first-order chi connectivity index (χ1) is 11.2. The van der Waals surface area contributed by atoms with Crippen LogP contribution in [0.5, 0.6) is 0 Å². The minimum atomic E-state index is -0.0349. The fourth-order valence-electron chi connectivity index (χ4n) is 2.73. The molecule has 0 aliphatic heterocycles. The highest BCUT2D eigenvalue weighted by atomic mass is 16.1. The number of fused-ring (bicyclic) bond motifs is 1. The Kier molecular flexibility index (Phi) is 4.42. The van der Waals surface area contributed by atoms with Gasteiger partial charge in [-0.05, 0) is 43.7 Å². The number of para-hydroxylation sites is 1. The highest BCUT2D eigenvalue weighted by Gasteiger charge is 2.12. The molecule has 0 spiro atoms. The summed E-state index contributed by atoms with van der Waals surface area (Å²) in [6.07, 6.45) is 2.07. The predicted octanol–water partition coefficient (Wildman–Crippen LogP) is 3.86. The molecule has 3 rings (SSSR count). The molecule has 0 saturated carbocycles. The van der Waals surface area contributed by atoms with Crippen LogP contribution in [0.25, 0.3) is 16.7 Å². The molecule has 3 aromatic rings. The minimum Gasteiger partial charge on any atom is -0.352 e. The van der Waals surface area contributed by atoms with Gasteiger partial charge in [0.25, 0.3) is 5.91 Å². The number of carbonyl (C=O) groups excluding carboxylic acids is 1. The lowest BCUT2D eigenvalue weighted by Crippen LogP contribution is -2.24. The van der Waals surface area contributed by atoms with Gasteiger partial charge in [0.2, 0.25) is 0 Å². The number of unbranched alkanes of at least 4 members (excludes halogenated alkanes) is 1. The standard InChI is InChI=1S/C19H21N3O/c1-3-4-12-20-19(23)15-10-11-18-17(13-15)21-14(2)22(18)16-8-6-5-7-9-16/h5-11,13H,3-4,12H2,1-2H3,(H,20,23). The summed E-state index contributed by atoms with van der Waals surface area (Å²) in [6, 6.07) is 15.8. The number of benzene rings is 2. The fourth-order valence-corrected chi connectivity index (χ4v) is 2.73. The number of aromatic nitrogens is 2. The van der Waals surface area contributed by atoms with Gasteiger partial charge in [0, 0.05) is 17.8 Å². The fraction of sp³-hybridized carbons (Fsp3) is 0.263. The number of carbonyl (C=O) groups is 1. The molecule has 0 saturated heterocycles. The average molecular weight is 307 g/mol. The lowest BCUT2D eigenvalue weighted by Gasteiger charge is -2.07. The highest BCUT2D eigenvalue weighted by molar-refractivity contribution is 5.97. The molecule has 0 aliphatic carbocycles. The summed E-state index contributed by atoms with van der Waals surface area (Å²) in [5.41, 5.74) is 3.59. The second-order valence-electron chi connectivity index (χ2n) is 5.64. The number of aryl methyl sites for hydroxylation is 1. The van der Waals surface area contributed by atoms with Gasteiger partial charge < -0.3 is 5.32 Å². The zero-order chi connectivity index (χ0) is 16.2. The van der Waals surface area contributed by atoms with Crippen molar-refractivity contribution in [2.45, 2.75) is 26.7 Å². The zero-order valence-electron chi connectivity index (χ0n) is 13.5. The molecule has 1 aromatic heterocycles. The largest absolute Gasteiger partial charge is 0.352 e. The highest BCUT2D eigenvalue weighted by Crippen LogP contribution is 2.22. The molecule has 1 amide bonds. The molecule has 0 aliphatic rings. The Labute approximate surface area is 136 Å². The van der Waals surface area contributed by atoms with Gasteiger partial charge in [-0.25, -0.2) is 4.98 Å². The van der Waals surface area contributed by atoms with Crippen molar-refractivity contribution in [2.75, 3.05) is 6.54 Å². The second kappa shape index (κ2) is 6.65. The van der Waals surface area contributed by atoms with Crippen LogP contribution in [0.2, 0.25) is 0 Å². The third-order valence-corrected chi connectivity index (χ3v) is 3.91. The molecule has 1 N–H and O–H groups in total. The summed E-state index contributed by atoms with van der Waals surface area (Å²) in [7, 11) is 0. The zero-order valence-corrected chi connectivity index (χ0v) is 13.5. The summed E-state index contributed by atoms with van der Waals surface area (Å²) in [5, 5.41) is 2.94. The monoisotopic (exact) mass is 307 g/mol.